The topological polar surface area (TPSA) is 80.7 Å². The van der Waals surface area contributed by atoms with Gasteiger partial charge in [0.05, 0.1) is 0 Å². The fraction of sp³-hybridized carbons (Fsp3) is 0.944. The molecule has 0 saturated carbocycles. The van der Waals surface area contributed by atoms with Crippen LogP contribution in [0.25, 0.3) is 0 Å². The maximum atomic E-state index is 11.0. The van der Waals surface area contributed by atoms with Crippen LogP contribution >= 0.6 is 0 Å². The van der Waals surface area contributed by atoms with Crippen molar-refractivity contribution >= 4 is 16.4 Å². The van der Waals surface area contributed by atoms with E-state index in [2.05, 4.69) is 11.1 Å². The van der Waals surface area contributed by atoms with Crippen LogP contribution in [0.2, 0.25) is 0 Å². The van der Waals surface area contributed by atoms with Gasteiger partial charge in [0.1, 0.15) is 0 Å². The largest absolute Gasteiger partial charge is 1.00 e. The third kappa shape index (κ3) is 24.4. The minimum absolute atomic E-state index is 0. The molecule has 0 spiro atoms. The minimum atomic E-state index is -4.64. The van der Waals surface area contributed by atoms with E-state index in [4.69, 9.17) is 4.55 Å². The summed E-state index contributed by atoms with van der Waals surface area (Å²) in [6.07, 6.45) is 18.5. The Morgan fingerprint density at radius 1 is 0.760 bits per heavy atom. The maximum absolute atomic E-state index is 11.0. The maximum Gasteiger partial charge on any atom is 1.00 e. The van der Waals surface area contributed by atoms with E-state index in [1.54, 1.807) is 0 Å². The molecule has 0 atom stereocenters. The summed E-state index contributed by atoms with van der Waals surface area (Å²) >= 11 is 0. The molecule has 5 nitrogen and oxygen atoms in total. The Hall–Kier alpha value is 0.380. The van der Waals surface area contributed by atoms with E-state index in [-0.39, 0.29) is 37.4 Å². The smallest absolute Gasteiger partial charge is 1.00 e. The third-order valence-electron chi connectivity index (χ3n) is 4.18. The number of hydrogen-bond donors (Lipinski definition) is 1. The molecule has 0 heterocycles. The molecule has 0 aliphatic heterocycles. The van der Waals surface area contributed by atoms with E-state index >= 15 is 0 Å². The van der Waals surface area contributed by atoms with Crippen LogP contribution in [0, 0.1) is 0 Å². The summed E-state index contributed by atoms with van der Waals surface area (Å²) in [5, 5.41) is 0. The van der Waals surface area contributed by atoms with Gasteiger partial charge in [0.15, 0.2) is 0 Å². The molecule has 0 amide bonds. The van der Waals surface area contributed by atoms with E-state index in [0.717, 1.165) is 19.3 Å². The molecule has 0 bridgehead atoms. The van der Waals surface area contributed by atoms with Crippen molar-refractivity contribution in [3.63, 3.8) is 0 Å². The Kier molecular flexibility index (Phi) is 21.1. The van der Waals surface area contributed by atoms with E-state index in [0.29, 0.717) is 6.42 Å². The van der Waals surface area contributed by atoms with Gasteiger partial charge in [-0.2, -0.15) is 8.42 Å². The monoisotopic (exact) mass is 388 g/mol. The number of rotatable bonds is 17. The van der Waals surface area contributed by atoms with Crippen LogP contribution in [0.15, 0.2) is 0 Å². The molecule has 146 valence electrons. The zero-order valence-electron chi connectivity index (χ0n) is 17.3. The molecule has 7 heteroatoms. The summed E-state index contributed by atoms with van der Waals surface area (Å²) in [4.78, 5) is 11.0. The predicted molar refractivity (Wildman–Crippen MR) is 98.3 cm³/mol. The van der Waals surface area contributed by atoms with Crippen molar-refractivity contribution in [2.75, 3.05) is 0 Å². The molecule has 0 aliphatic carbocycles. The first-order chi connectivity index (χ1) is 11.5. The Morgan fingerprint density at radius 2 is 1.08 bits per heavy atom. The van der Waals surface area contributed by atoms with Crippen molar-refractivity contribution in [2.45, 2.75) is 110 Å². The molecule has 0 rings (SSSR count). The average molecular weight is 389 g/mol. The summed E-state index contributed by atoms with van der Waals surface area (Å²) in [5.74, 6) is -0.882. The van der Waals surface area contributed by atoms with Crippen LogP contribution < -0.4 is 29.6 Å². The van der Waals surface area contributed by atoms with Gasteiger partial charge in [-0.1, -0.05) is 96.8 Å². The Bertz CT molecular complexity index is 404. The summed E-state index contributed by atoms with van der Waals surface area (Å²) in [6.45, 7) is 2.25. The van der Waals surface area contributed by atoms with Crippen LogP contribution in [-0.2, 0) is 19.4 Å². The van der Waals surface area contributed by atoms with Crippen molar-refractivity contribution in [1.82, 2.24) is 0 Å². The van der Waals surface area contributed by atoms with Crippen molar-refractivity contribution in [3.8, 4) is 0 Å². The Balaban J connectivity index is -0.00000264. The van der Waals surface area contributed by atoms with Crippen LogP contribution in [0.4, 0.5) is 0 Å². The molecule has 0 aromatic heterocycles. The van der Waals surface area contributed by atoms with Crippen LogP contribution in [0.3, 0.4) is 0 Å². The van der Waals surface area contributed by atoms with Gasteiger partial charge in [-0.05, 0) is 6.42 Å². The van der Waals surface area contributed by atoms with Gasteiger partial charge >= 0.3 is 45.9 Å². The zero-order chi connectivity index (χ0) is 18.1. The van der Waals surface area contributed by atoms with Gasteiger partial charge in [0, 0.05) is 6.42 Å². The van der Waals surface area contributed by atoms with Crippen molar-refractivity contribution in [1.29, 1.82) is 0 Å². The molecule has 0 radical (unpaired) electrons. The summed E-state index contributed by atoms with van der Waals surface area (Å²) in [5.41, 5.74) is 0. The number of hydrogen-bond acceptors (Lipinski definition) is 4. The quantitative estimate of drug-likeness (QED) is 0.235. The van der Waals surface area contributed by atoms with Crippen molar-refractivity contribution < 1.29 is 52.9 Å². The second-order valence-electron chi connectivity index (χ2n) is 6.58. The van der Waals surface area contributed by atoms with E-state index in [9.17, 15) is 13.2 Å². The van der Waals surface area contributed by atoms with Gasteiger partial charge in [0.2, 0.25) is 0 Å². The summed E-state index contributed by atoms with van der Waals surface area (Å²) in [6, 6.07) is 0. The standard InChI is InChI=1S/C18H36O5S.Na.H/c1-2-3-4-5-6-7-8-9-10-11-12-13-14-15-16-17-18(19)23-24(20,21)22;;/h2-17H2,1H3,(H,20,21,22);;/q;+1;-1. The van der Waals surface area contributed by atoms with Gasteiger partial charge in [0.25, 0.3) is 0 Å². The molecule has 0 aromatic carbocycles. The molecule has 0 aliphatic rings. The Morgan fingerprint density at radius 3 is 1.40 bits per heavy atom. The van der Waals surface area contributed by atoms with E-state index in [1.807, 2.05) is 0 Å². The molecule has 0 saturated heterocycles. The zero-order valence-corrected chi connectivity index (χ0v) is 19.1. The fourth-order valence-corrected chi connectivity index (χ4v) is 3.12. The van der Waals surface area contributed by atoms with Gasteiger partial charge in [-0.15, -0.1) is 0 Å². The van der Waals surface area contributed by atoms with Gasteiger partial charge in [-0.3, -0.25) is 9.35 Å². The molecular weight excluding hydrogens is 351 g/mol. The van der Waals surface area contributed by atoms with E-state index < -0.39 is 16.4 Å². The van der Waals surface area contributed by atoms with Gasteiger partial charge < -0.3 is 5.61 Å². The number of carbonyl (C=O) groups is 1. The normalized spacial score (nSPS) is 11.1. The molecule has 0 unspecified atom stereocenters. The fourth-order valence-electron chi connectivity index (χ4n) is 2.80. The average Bonchev–Trinajstić information content (AvgIpc) is 2.49. The SMILES string of the molecule is CCCCCCCCCCCCCCCCCC(=O)OS(=O)(=O)O.[H-].[Na+]. The molecule has 1 N–H and O–H groups in total. The van der Waals surface area contributed by atoms with Crippen LogP contribution in [0.5, 0.6) is 0 Å². The van der Waals surface area contributed by atoms with Crippen molar-refractivity contribution in [3.05, 3.63) is 0 Å². The second kappa shape index (κ2) is 19.2. The first-order valence-corrected chi connectivity index (χ1v) is 11.0. The molecule has 0 fully saturated rings. The molecular formula is C18H37NaO5S. The Labute approximate surface area is 178 Å². The van der Waals surface area contributed by atoms with Gasteiger partial charge in [-0.25, -0.2) is 0 Å². The summed E-state index contributed by atoms with van der Waals surface area (Å²) < 4.78 is 32.8. The van der Waals surface area contributed by atoms with E-state index in [1.165, 1.54) is 70.6 Å². The van der Waals surface area contributed by atoms with Crippen LogP contribution in [-0.4, -0.2) is 18.9 Å². The molecule has 0 aromatic rings. The van der Waals surface area contributed by atoms with Crippen molar-refractivity contribution in [2.24, 2.45) is 0 Å². The third-order valence-corrected chi connectivity index (χ3v) is 4.58. The number of unbranched alkanes of at least 4 members (excludes halogenated alkanes) is 14. The summed E-state index contributed by atoms with van der Waals surface area (Å²) in [7, 11) is -4.64. The van der Waals surface area contributed by atoms with Crippen LogP contribution in [0.1, 0.15) is 111 Å². The minimum Gasteiger partial charge on any atom is -1.00 e. The first kappa shape index (κ1) is 27.6. The molecule has 25 heavy (non-hydrogen) atoms. The second-order valence-corrected chi connectivity index (χ2v) is 7.60. The predicted octanol–water partition coefficient (Wildman–Crippen LogP) is 2.71. The number of carbonyl (C=O) groups excluding carboxylic acids is 1. The first-order valence-electron chi connectivity index (χ1n) is 9.65.